The maximum Gasteiger partial charge on any atom is 0.118 e. The Hall–Kier alpha value is -1.61. The van der Waals surface area contributed by atoms with E-state index in [1.165, 1.54) is 10.5 Å². The Labute approximate surface area is 106 Å². The van der Waals surface area contributed by atoms with Crippen molar-refractivity contribution in [1.29, 1.82) is 0 Å². The van der Waals surface area contributed by atoms with E-state index in [0.717, 1.165) is 17.2 Å². The molecule has 0 spiro atoms. The molecular formula is C14H15NOS. The van der Waals surface area contributed by atoms with Gasteiger partial charge in [0, 0.05) is 16.3 Å². The number of hydrogen-bond acceptors (Lipinski definition) is 3. The van der Waals surface area contributed by atoms with E-state index in [2.05, 4.69) is 12.1 Å². The molecule has 0 radical (unpaired) electrons. The van der Waals surface area contributed by atoms with Gasteiger partial charge in [0.05, 0.1) is 7.11 Å². The topological polar surface area (TPSA) is 35.2 Å². The molecule has 88 valence electrons. The van der Waals surface area contributed by atoms with Crippen LogP contribution in [0.15, 0.2) is 53.4 Å². The third-order valence-electron chi connectivity index (χ3n) is 2.44. The maximum atomic E-state index is 5.64. The average Bonchev–Trinajstić information content (AvgIpc) is 2.39. The third-order valence-corrected chi connectivity index (χ3v) is 3.53. The SMILES string of the molecule is COc1ccc(CSc2ccc(N)cc2)cc1. The normalized spacial score (nSPS) is 10.2. The molecule has 17 heavy (non-hydrogen) atoms. The van der Waals surface area contributed by atoms with Crippen molar-refractivity contribution in [3.63, 3.8) is 0 Å². The molecule has 2 aromatic carbocycles. The zero-order valence-electron chi connectivity index (χ0n) is 9.72. The molecule has 0 amide bonds. The highest BCUT2D eigenvalue weighted by molar-refractivity contribution is 7.98. The zero-order valence-corrected chi connectivity index (χ0v) is 10.5. The van der Waals surface area contributed by atoms with Gasteiger partial charge in [0.1, 0.15) is 5.75 Å². The van der Waals surface area contributed by atoms with E-state index in [1.807, 2.05) is 36.4 Å². The summed E-state index contributed by atoms with van der Waals surface area (Å²) in [6.07, 6.45) is 0. The van der Waals surface area contributed by atoms with E-state index in [4.69, 9.17) is 10.5 Å². The number of benzene rings is 2. The van der Waals surface area contributed by atoms with Crippen molar-refractivity contribution in [3.05, 3.63) is 54.1 Å². The first-order valence-corrected chi connectivity index (χ1v) is 6.38. The van der Waals surface area contributed by atoms with Crippen LogP contribution in [-0.4, -0.2) is 7.11 Å². The predicted octanol–water partition coefficient (Wildman–Crippen LogP) is 3.57. The van der Waals surface area contributed by atoms with Gasteiger partial charge in [-0.05, 0) is 42.0 Å². The van der Waals surface area contributed by atoms with Crippen molar-refractivity contribution in [2.24, 2.45) is 0 Å². The second-order valence-electron chi connectivity index (χ2n) is 3.71. The second-order valence-corrected chi connectivity index (χ2v) is 4.75. The number of nitrogen functional groups attached to an aromatic ring is 1. The van der Waals surface area contributed by atoms with Crippen molar-refractivity contribution in [1.82, 2.24) is 0 Å². The summed E-state index contributed by atoms with van der Waals surface area (Å²) in [7, 11) is 1.68. The first-order chi connectivity index (χ1) is 8.28. The average molecular weight is 245 g/mol. The fourth-order valence-corrected chi connectivity index (χ4v) is 2.31. The number of methoxy groups -OCH3 is 1. The minimum absolute atomic E-state index is 0.804. The summed E-state index contributed by atoms with van der Waals surface area (Å²) in [6, 6.07) is 16.1. The minimum Gasteiger partial charge on any atom is -0.497 e. The lowest BCUT2D eigenvalue weighted by Gasteiger charge is -2.04. The molecule has 3 heteroatoms. The van der Waals surface area contributed by atoms with Gasteiger partial charge in [-0.25, -0.2) is 0 Å². The Bertz CT molecular complexity index is 465. The highest BCUT2D eigenvalue weighted by Gasteiger charge is 1.97. The molecule has 2 aromatic rings. The molecule has 2 N–H and O–H groups in total. The summed E-state index contributed by atoms with van der Waals surface area (Å²) in [5.74, 6) is 1.85. The van der Waals surface area contributed by atoms with Crippen molar-refractivity contribution in [3.8, 4) is 5.75 Å². The summed E-state index contributed by atoms with van der Waals surface area (Å²) in [6.45, 7) is 0. The lowest BCUT2D eigenvalue weighted by molar-refractivity contribution is 0.414. The largest absolute Gasteiger partial charge is 0.497 e. The number of ether oxygens (including phenoxy) is 1. The summed E-state index contributed by atoms with van der Waals surface area (Å²) < 4.78 is 5.12. The number of thioether (sulfide) groups is 1. The summed E-state index contributed by atoms with van der Waals surface area (Å²) in [4.78, 5) is 1.23. The molecule has 0 heterocycles. The fraction of sp³-hybridized carbons (Fsp3) is 0.143. The molecule has 0 aliphatic carbocycles. The molecule has 0 saturated carbocycles. The molecule has 2 nitrogen and oxygen atoms in total. The molecule has 0 aliphatic rings. The van der Waals surface area contributed by atoms with Crippen LogP contribution < -0.4 is 10.5 Å². The molecule has 0 fully saturated rings. The van der Waals surface area contributed by atoms with Crippen LogP contribution in [0.3, 0.4) is 0 Å². The highest BCUT2D eigenvalue weighted by atomic mass is 32.2. The van der Waals surface area contributed by atoms with E-state index in [9.17, 15) is 0 Å². The lowest BCUT2D eigenvalue weighted by atomic mass is 10.2. The first-order valence-electron chi connectivity index (χ1n) is 5.39. The minimum atomic E-state index is 0.804. The maximum absolute atomic E-state index is 5.64. The van der Waals surface area contributed by atoms with Gasteiger partial charge in [-0.3, -0.25) is 0 Å². The van der Waals surface area contributed by atoms with E-state index >= 15 is 0 Å². The summed E-state index contributed by atoms with van der Waals surface area (Å²) in [5, 5.41) is 0. The van der Waals surface area contributed by atoms with E-state index in [1.54, 1.807) is 18.9 Å². The summed E-state index contributed by atoms with van der Waals surface area (Å²) >= 11 is 1.80. The van der Waals surface area contributed by atoms with Gasteiger partial charge in [-0.2, -0.15) is 0 Å². The van der Waals surface area contributed by atoms with Crippen LogP contribution in [0.1, 0.15) is 5.56 Å². The Morgan fingerprint density at radius 1 is 1.00 bits per heavy atom. The number of nitrogens with two attached hydrogens (primary N) is 1. The molecule has 0 unspecified atom stereocenters. The van der Waals surface area contributed by atoms with Gasteiger partial charge >= 0.3 is 0 Å². The van der Waals surface area contributed by atoms with Crippen LogP contribution in [0.5, 0.6) is 5.75 Å². The molecule has 0 bridgehead atoms. The van der Waals surface area contributed by atoms with Gasteiger partial charge in [0.15, 0.2) is 0 Å². The zero-order chi connectivity index (χ0) is 12.1. The fourth-order valence-electron chi connectivity index (χ4n) is 1.45. The van der Waals surface area contributed by atoms with Gasteiger partial charge < -0.3 is 10.5 Å². The van der Waals surface area contributed by atoms with Crippen LogP contribution in [-0.2, 0) is 5.75 Å². The van der Waals surface area contributed by atoms with E-state index in [0.29, 0.717) is 0 Å². The summed E-state index contributed by atoms with van der Waals surface area (Å²) in [5.41, 5.74) is 7.73. The Kier molecular flexibility index (Phi) is 3.94. The van der Waals surface area contributed by atoms with E-state index < -0.39 is 0 Å². The molecule has 0 atom stereocenters. The Morgan fingerprint density at radius 3 is 2.24 bits per heavy atom. The predicted molar refractivity (Wildman–Crippen MR) is 73.4 cm³/mol. The highest BCUT2D eigenvalue weighted by Crippen LogP contribution is 2.24. The van der Waals surface area contributed by atoms with Crippen LogP contribution in [0.4, 0.5) is 5.69 Å². The molecule has 0 aromatic heterocycles. The Morgan fingerprint density at radius 2 is 1.65 bits per heavy atom. The third kappa shape index (κ3) is 3.43. The van der Waals surface area contributed by atoms with Gasteiger partial charge in [0.25, 0.3) is 0 Å². The lowest BCUT2D eigenvalue weighted by Crippen LogP contribution is -1.85. The second kappa shape index (κ2) is 5.64. The molecule has 0 aliphatic heterocycles. The smallest absolute Gasteiger partial charge is 0.118 e. The first kappa shape index (κ1) is 11.9. The van der Waals surface area contributed by atoms with Crippen molar-refractivity contribution in [2.45, 2.75) is 10.6 Å². The van der Waals surface area contributed by atoms with Gasteiger partial charge in [-0.15, -0.1) is 11.8 Å². The molecule has 2 rings (SSSR count). The van der Waals surface area contributed by atoms with Crippen molar-refractivity contribution < 1.29 is 4.74 Å². The van der Waals surface area contributed by atoms with Crippen LogP contribution >= 0.6 is 11.8 Å². The standard InChI is InChI=1S/C14H15NOS/c1-16-13-6-2-11(3-7-13)10-17-14-8-4-12(15)5-9-14/h2-9H,10,15H2,1H3. The monoisotopic (exact) mass is 245 g/mol. The quantitative estimate of drug-likeness (QED) is 0.660. The van der Waals surface area contributed by atoms with Crippen LogP contribution in [0.25, 0.3) is 0 Å². The van der Waals surface area contributed by atoms with Crippen LogP contribution in [0.2, 0.25) is 0 Å². The number of rotatable bonds is 4. The molecular weight excluding hydrogens is 230 g/mol. The van der Waals surface area contributed by atoms with E-state index in [-0.39, 0.29) is 0 Å². The van der Waals surface area contributed by atoms with Crippen LogP contribution in [0, 0.1) is 0 Å². The number of anilines is 1. The number of hydrogen-bond donors (Lipinski definition) is 1. The Balaban J connectivity index is 1.95. The van der Waals surface area contributed by atoms with Crippen molar-refractivity contribution >= 4 is 17.4 Å². The van der Waals surface area contributed by atoms with Gasteiger partial charge in [-0.1, -0.05) is 12.1 Å². The van der Waals surface area contributed by atoms with Gasteiger partial charge in [0.2, 0.25) is 0 Å². The molecule has 0 saturated heterocycles. The van der Waals surface area contributed by atoms with Crippen molar-refractivity contribution in [2.75, 3.05) is 12.8 Å².